The maximum absolute atomic E-state index is 12.6. The van der Waals surface area contributed by atoms with Gasteiger partial charge in [0.1, 0.15) is 0 Å². The maximum Gasteiger partial charge on any atom is 0.261 e. The van der Waals surface area contributed by atoms with Crippen LogP contribution >= 0.6 is 0 Å². The molecular formula is C23H23N3O4S. The van der Waals surface area contributed by atoms with E-state index in [4.69, 9.17) is 0 Å². The molecule has 0 spiro atoms. The van der Waals surface area contributed by atoms with E-state index in [9.17, 15) is 18.0 Å². The first-order valence-corrected chi connectivity index (χ1v) is 11.1. The van der Waals surface area contributed by atoms with E-state index in [1.165, 1.54) is 31.2 Å². The lowest BCUT2D eigenvalue weighted by Gasteiger charge is -2.11. The molecule has 3 rings (SSSR count). The van der Waals surface area contributed by atoms with Crippen molar-refractivity contribution in [2.24, 2.45) is 0 Å². The summed E-state index contributed by atoms with van der Waals surface area (Å²) in [6.07, 6.45) is 0. The van der Waals surface area contributed by atoms with Crippen molar-refractivity contribution in [1.29, 1.82) is 0 Å². The number of carbonyl (C=O) groups is 2. The Labute approximate surface area is 181 Å². The van der Waals surface area contributed by atoms with Crippen LogP contribution in [0, 0.1) is 6.92 Å². The Bertz CT molecular complexity index is 1190. The van der Waals surface area contributed by atoms with E-state index in [2.05, 4.69) is 15.4 Å². The molecule has 7 nitrogen and oxygen atoms in total. The van der Waals surface area contributed by atoms with Crippen molar-refractivity contribution in [3.05, 3.63) is 89.5 Å². The molecule has 31 heavy (non-hydrogen) atoms. The highest BCUT2D eigenvalue weighted by Crippen LogP contribution is 2.19. The van der Waals surface area contributed by atoms with Gasteiger partial charge in [0.25, 0.3) is 15.9 Å². The topological polar surface area (TPSA) is 104 Å². The molecule has 0 saturated heterocycles. The lowest BCUT2D eigenvalue weighted by molar-refractivity contribution is -0.114. The summed E-state index contributed by atoms with van der Waals surface area (Å²) in [4.78, 5) is 23.5. The molecule has 0 atom stereocenters. The van der Waals surface area contributed by atoms with Crippen molar-refractivity contribution in [2.45, 2.75) is 25.3 Å². The largest absolute Gasteiger partial charge is 0.348 e. The van der Waals surface area contributed by atoms with E-state index in [0.717, 1.165) is 11.1 Å². The average Bonchev–Trinajstić information content (AvgIpc) is 2.74. The molecule has 160 valence electrons. The van der Waals surface area contributed by atoms with Crippen LogP contribution in [0.5, 0.6) is 0 Å². The number of para-hydroxylation sites is 1. The second kappa shape index (κ2) is 9.44. The van der Waals surface area contributed by atoms with Gasteiger partial charge in [0, 0.05) is 24.7 Å². The van der Waals surface area contributed by atoms with Gasteiger partial charge in [-0.05, 0) is 60.5 Å². The molecule has 0 aliphatic heterocycles. The third-order valence-electron chi connectivity index (χ3n) is 4.54. The summed E-state index contributed by atoms with van der Waals surface area (Å²) in [5, 5.41) is 5.47. The van der Waals surface area contributed by atoms with Gasteiger partial charge in [-0.2, -0.15) is 0 Å². The first-order chi connectivity index (χ1) is 14.7. The first-order valence-electron chi connectivity index (χ1n) is 9.58. The smallest absolute Gasteiger partial charge is 0.261 e. The van der Waals surface area contributed by atoms with Crippen LogP contribution in [-0.4, -0.2) is 20.2 Å². The molecule has 0 aliphatic rings. The van der Waals surface area contributed by atoms with E-state index < -0.39 is 10.0 Å². The molecule has 0 bridgehead atoms. The summed E-state index contributed by atoms with van der Waals surface area (Å²) >= 11 is 0. The highest BCUT2D eigenvalue weighted by Gasteiger charge is 2.16. The van der Waals surface area contributed by atoms with Gasteiger partial charge in [0.15, 0.2) is 0 Å². The highest BCUT2D eigenvalue weighted by molar-refractivity contribution is 7.92. The lowest BCUT2D eigenvalue weighted by Crippen LogP contribution is -2.23. The fourth-order valence-corrected chi connectivity index (χ4v) is 4.00. The van der Waals surface area contributed by atoms with Crippen molar-refractivity contribution in [2.75, 3.05) is 10.0 Å². The average molecular weight is 438 g/mol. The van der Waals surface area contributed by atoms with Crippen molar-refractivity contribution in [1.82, 2.24) is 5.32 Å². The number of hydrogen-bond acceptors (Lipinski definition) is 4. The van der Waals surface area contributed by atoms with Crippen molar-refractivity contribution >= 4 is 33.2 Å². The van der Waals surface area contributed by atoms with Gasteiger partial charge < -0.3 is 10.6 Å². The number of anilines is 2. The quantitative estimate of drug-likeness (QED) is 0.524. The van der Waals surface area contributed by atoms with Crippen molar-refractivity contribution < 1.29 is 18.0 Å². The number of rotatable bonds is 7. The summed E-state index contributed by atoms with van der Waals surface area (Å²) in [6, 6.07) is 20.0. The summed E-state index contributed by atoms with van der Waals surface area (Å²) in [5.41, 5.74) is 3.22. The van der Waals surface area contributed by atoms with Crippen LogP contribution in [0.15, 0.2) is 77.7 Å². The molecule has 0 fully saturated rings. The Morgan fingerprint density at radius 2 is 1.52 bits per heavy atom. The Kier molecular flexibility index (Phi) is 6.71. The van der Waals surface area contributed by atoms with Crippen molar-refractivity contribution in [3.63, 3.8) is 0 Å². The Balaban J connectivity index is 1.62. The number of hydrogen-bond donors (Lipinski definition) is 3. The summed E-state index contributed by atoms with van der Waals surface area (Å²) in [6.45, 7) is 3.55. The van der Waals surface area contributed by atoms with E-state index in [1.54, 1.807) is 36.4 Å². The molecule has 0 heterocycles. The zero-order chi connectivity index (χ0) is 22.4. The van der Waals surface area contributed by atoms with Crippen LogP contribution < -0.4 is 15.4 Å². The molecule has 0 unspecified atom stereocenters. The van der Waals surface area contributed by atoms with Gasteiger partial charge in [0.2, 0.25) is 5.91 Å². The minimum absolute atomic E-state index is 0.0702. The standard InChI is InChI=1S/C23H23N3O4S/c1-16-5-3-4-6-22(16)26-31(29,30)21-13-9-19(10-14-21)23(28)24-15-18-7-11-20(12-8-18)25-17(2)27/h3-14,26H,15H2,1-2H3,(H,24,28)(H,25,27). The van der Waals surface area contributed by atoms with Crippen LogP contribution in [0.25, 0.3) is 0 Å². The number of amides is 2. The lowest BCUT2D eigenvalue weighted by atomic mass is 10.2. The monoisotopic (exact) mass is 437 g/mol. The van der Waals surface area contributed by atoms with Gasteiger partial charge in [0.05, 0.1) is 10.6 Å². The van der Waals surface area contributed by atoms with Crippen LogP contribution in [0.4, 0.5) is 11.4 Å². The van der Waals surface area contributed by atoms with Gasteiger partial charge in [-0.1, -0.05) is 30.3 Å². The van der Waals surface area contributed by atoms with Gasteiger partial charge in [-0.25, -0.2) is 8.42 Å². The fourth-order valence-electron chi connectivity index (χ4n) is 2.87. The summed E-state index contributed by atoms with van der Waals surface area (Å²) in [7, 11) is -3.76. The highest BCUT2D eigenvalue weighted by atomic mass is 32.2. The van der Waals surface area contributed by atoms with E-state index in [1.807, 2.05) is 19.1 Å². The normalized spacial score (nSPS) is 10.9. The Morgan fingerprint density at radius 1 is 0.871 bits per heavy atom. The first kappa shape index (κ1) is 22.0. The molecule has 3 N–H and O–H groups in total. The molecule has 3 aromatic rings. The Hall–Kier alpha value is -3.65. The second-order valence-electron chi connectivity index (χ2n) is 7.01. The van der Waals surface area contributed by atoms with Crippen molar-refractivity contribution in [3.8, 4) is 0 Å². The molecule has 3 aromatic carbocycles. The van der Waals surface area contributed by atoms with Crippen LogP contribution in [0.1, 0.15) is 28.4 Å². The predicted octanol–water partition coefficient (Wildman–Crippen LogP) is 3.68. The van der Waals surface area contributed by atoms with Gasteiger partial charge >= 0.3 is 0 Å². The van der Waals surface area contributed by atoms with Crippen LogP contribution in [0.2, 0.25) is 0 Å². The number of benzene rings is 3. The number of sulfonamides is 1. The zero-order valence-electron chi connectivity index (χ0n) is 17.2. The number of nitrogens with one attached hydrogen (secondary N) is 3. The zero-order valence-corrected chi connectivity index (χ0v) is 18.0. The molecule has 0 aromatic heterocycles. The summed E-state index contributed by atoms with van der Waals surface area (Å²) in [5.74, 6) is -0.470. The maximum atomic E-state index is 12.6. The SMILES string of the molecule is CC(=O)Nc1ccc(CNC(=O)c2ccc(S(=O)(=O)Nc3ccccc3C)cc2)cc1. The predicted molar refractivity (Wildman–Crippen MR) is 120 cm³/mol. The van der Waals surface area contributed by atoms with E-state index in [0.29, 0.717) is 23.5 Å². The van der Waals surface area contributed by atoms with E-state index in [-0.39, 0.29) is 16.7 Å². The molecule has 0 radical (unpaired) electrons. The fraction of sp³-hybridized carbons (Fsp3) is 0.130. The second-order valence-corrected chi connectivity index (χ2v) is 8.69. The molecule has 0 saturated carbocycles. The van der Waals surface area contributed by atoms with Gasteiger partial charge in [-0.3, -0.25) is 14.3 Å². The molecule has 8 heteroatoms. The minimum atomic E-state index is -3.76. The van der Waals surface area contributed by atoms with Crippen LogP contribution in [0.3, 0.4) is 0 Å². The van der Waals surface area contributed by atoms with Gasteiger partial charge in [-0.15, -0.1) is 0 Å². The van der Waals surface area contributed by atoms with Crippen LogP contribution in [-0.2, 0) is 21.4 Å². The Morgan fingerprint density at radius 3 is 2.13 bits per heavy atom. The molecular weight excluding hydrogens is 414 g/mol. The molecule has 2 amide bonds. The number of carbonyl (C=O) groups excluding carboxylic acids is 2. The molecule has 0 aliphatic carbocycles. The third-order valence-corrected chi connectivity index (χ3v) is 5.92. The summed E-state index contributed by atoms with van der Waals surface area (Å²) < 4.78 is 27.8. The minimum Gasteiger partial charge on any atom is -0.348 e. The third kappa shape index (κ3) is 5.93. The number of aryl methyl sites for hydroxylation is 1. The van der Waals surface area contributed by atoms with E-state index >= 15 is 0 Å².